The number of esters is 1. The van der Waals surface area contributed by atoms with Crippen molar-refractivity contribution in [3.63, 3.8) is 0 Å². The Hall–Kier alpha value is -0.580. The normalized spacial score (nSPS) is 17.2. The molecule has 0 saturated carbocycles. The summed E-state index contributed by atoms with van der Waals surface area (Å²) in [5, 5.41) is 0.698. The number of carbonyl (C=O) groups excluding carboxylic acids is 2. The summed E-state index contributed by atoms with van der Waals surface area (Å²) in [5.74, 6) is 0.0299. The summed E-state index contributed by atoms with van der Waals surface area (Å²) < 4.78 is 4.97. The van der Waals surface area contributed by atoms with Crippen molar-refractivity contribution in [2.24, 2.45) is 5.92 Å². The van der Waals surface area contributed by atoms with Gasteiger partial charge in [-0.3, -0.25) is 9.59 Å². The molecule has 1 saturated heterocycles. The fraction of sp³-hybridized carbons (Fsp3) is 0.818. The van der Waals surface area contributed by atoms with Crippen molar-refractivity contribution < 1.29 is 14.3 Å². The van der Waals surface area contributed by atoms with E-state index < -0.39 is 0 Å². The second-order valence-corrected chi connectivity index (χ2v) is 4.64. The number of amides is 1. The van der Waals surface area contributed by atoms with Gasteiger partial charge in [0, 0.05) is 24.8 Å². The Balaban J connectivity index is 2.33. The van der Waals surface area contributed by atoms with Crippen molar-refractivity contribution in [3.8, 4) is 0 Å². The lowest BCUT2D eigenvalue weighted by Crippen LogP contribution is -2.40. The minimum atomic E-state index is -0.116. The Bertz CT molecular complexity index is 224. The summed E-state index contributed by atoms with van der Waals surface area (Å²) in [6.07, 6.45) is 1.99. The van der Waals surface area contributed by atoms with Crippen molar-refractivity contribution >= 4 is 27.8 Å². The molecule has 1 aliphatic heterocycles. The van der Waals surface area contributed by atoms with Crippen LogP contribution in [0.2, 0.25) is 0 Å². The molecule has 92 valence electrons. The van der Waals surface area contributed by atoms with Crippen LogP contribution in [0.15, 0.2) is 0 Å². The number of halogens is 1. The summed E-state index contributed by atoms with van der Waals surface area (Å²) in [7, 11) is 0. The third-order valence-electron chi connectivity index (χ3n) is 2.78. The molecule has 0 radical (unpaired) electrons. The summed E-state index contributed by atoms with van der Waals surface area (Å²) in [6.45, 7) is 3.60. The van der Waals surface area contributed by atoms with Crippen LogP contribution in [0, 0.1) is 5.92 Å². The topological polar surface area (TPSA) is 46.6 Å². The molecule has 16 heavy (non-hydrogen) atoms. The number of alkyl halides is 1. The van der Waals surface area contributed by atoms with Gasteiger partial charge in [-0.25, -0.2) is 0 Å². The number of hydrogen-bond donors (Lipinski definition) is 0. The molecule has 0 aliphatic carbocycles. The largest absolute Gasteiger partial charge is 0.466 e. The molecule has 0 unspecified atom stereocenters. The van der Waals surface area contributed by atoms with Crippen LogP contribution in [0.4, 0.5) is 0 Å². The first kappa shape index (κ1) is 13.5. The van der Waals surface area contributed by atoms with Gasteiger partial charge >= 0.3 is 5.97 Å². The van der Waals surface area contributed by atoms with Gasteiger partial charge in [0.25, 0.3) is 0 Å². The summed E-state index contributed by atoms with van der Waals surface area (Å²) >= 11 is 3.25. The highest BCUT2D eigenvalue weighted by Gasteiger charge is 2.27. The molecule has 0 atom stereocenters. The smallest absolute Gasteiger partial charge is 0.309 e. The van der Waals surface area contributed by atoms with Crippen molar-refractivity contribution in [2.45, 2.75) is 26.2 Å². The maximum atomic E-state index is 11.6. The van der Waals surface area contributed by atoms with Crippen LogP contribution < -0.4 is 0 Å². The average molecular weight is 292 g/mol. The quantitative estimate of drug-likeness (QED) is 0.584. The Kier molecular flexibility index (Phi) is 5.80. The Morgan fingerprint density at radius 1 is 1.38 bits per heavy atom. The van der Waals surface area contributed by atoms with E-state index in [1.165, 1.54) is 0 Å². The number of rotatable bonds is 4. The average Bonchev–Trinajstić information content (AvgIpc) is 2.30. The van der Waals surface area contributed by atoms with Crippen LogP contribution in [0.1, 0.15) is 26.2 Å². The molecular formula is C11H18BrNO3. The standard InChI is InChI=1S/C11H18BrNO3/c1-2-16-11(15)9-4-7-13(8-5-9)10(14)3-6-12/h9H,2-8H2,1H3. The van der Waals surface area contributed by atoms with E-state index in [9.17, 15) is 9.59 Å². The third-order valence-corrected chi connectivity index (χ3v) is 3.17. The SMILES string of the molecule is CCOC(=O)C1CCN(C(=O)CCBr)CC1. The van der Waals surface area contributed by atoms with E-state index in [0.717, 1.165) is 12.8 Å². The zero-order valence-electron chi connectivity index (χ0n) is 9.58. The fourth-order valence-electron chi connectivity index (χ4n) is 1.86. The van der Waals surface area contributed by atoms with Crippen molar-refractivity contribution in [2.75, 3.05) is 25.0 Å². The Morgan fingerprint density at radius 2 is 2.00 bits per heavy atom. The van der Waals surface area contributed by atoms with Gasteiger partial charge in [-0.1, -0.05) is 15.9 Å². The van der Waals surface area contributed by atoms with Crippen LogP contribution in [0.3, 0.4) is 0 Å². The van der Waals surface area contributed by atoms with Gasteiger partial charge in [0.2, 0.25) is 5.91 Å². The van der Waals surface area contributed by atoms with Crippen LogP contribution >= 0.6 is 15.9 Å². The minimum Gasteiger partial charge on any atom is -0.466 e. The van der Waals surface area contributed by atoms with Crippen LogP contribution in [0.25, 0.3) is 0 Å². The van der Waals surface area contributed by atoms with E-state index in [2.05, 4.69) is 15.9 Å². The Morgan fingerprint density at radius 3 is 2.50 bits per heavy atom. The monoisotopic (exact) mass is 291 g/mol. The van der Waals surface area contributed by atoms with Gasteiger partial charge in [-0.15, -0.1) is 0 Å². The minimum absolute atomic E-state index is 0.0204. The molecule has 0 aromatic heterocycles. The fourth-order valence-corrected chi connectivity index (χ4v) is 2.20. The maximum absolute atomic E-state index is 11.6. The highest BCUT2D eigenvalue weighted by molar-refractivity contribution is 9.09. The second-order valence-electron chi connectivity index (χ2n) is 3.85. The van der Waals surface area contributed by atoms with Crippen molar-refractivity contribution in [1.29, 1.82) is 0 Å². The lowest BCUT2D eigenvalue weighted by atomic mass is 9.97. The predicted molar refractivity (Wildman–Crippen MR) is 64.3 cm³/mol. The molecule has 1 rings (SSSR count). The van der Waals surface area contributed by atoms with Gasteiger partial charge in [0.1, 0.15) is 0 Å². The van der Waals surface area contributed by atoms with Gasteiger partial charge in [-0.05, 0) is 19.8 Å². The first-order valence-corrected chi connectivity index (χ1v) is 6.81. The lowest BCUT2D eigenvalue weighted by Gasteiger charge is -2.30. The number of nitrogens with zero attached hydrogens (tertiary/aromatic N) is 1. The molecule has 0 aromatic rings. The predicted octanol–water partition coefficient (Wildman–Crippen LogP) is 1.57. The number of ether oxygens (including phenoxy) is 1. The number of likely N-dealkylation sites (tertiary alicyclic amines) is 1. The van der Waals surface area contributed by atoms with E-state index in [-0.39, 0.29) is 17.8 Å². The highest BCUT2D eigenvalue weighted by atomic mass is 79.9. The van der Waals surface area contributed by atoms with E-state index >= 15 is 0 Å². The molecule has 1 amide bonds. The zero-order valence-corrected chi connectivity index (χ0v) is 11.2. The molecular weight excluding hydrogens is 274 g/mol. The molecule has 5 heteroatoms. The summed E-state index contributed by atoms with van der Waals surface area (Å²) in [4.78, 5) is 24.9. The van der Waals surface area contributed by atoms with Crippen LogP contribution in [-0.2, 0) is 14.3 Å². The van der Waals surface area contributed by atoms with Gasteiger partial charge < -0.3 is 9.64 Å². The third kappa shape index (κ3) is 3.77. The van der Waals surface area contributed by atoms with Crippen molar-refractivity contribution in [3.05, 3.63) is 0 Å². The number of piperidine rings is 1. The first-order valence-electron chi connectivity index (χ1n) is 5.69. The molecule has 0 N–H and O–H groups in total. The van der Waals surface area contributed by atoms with Crippen molar-refractivity contribution in [1.82, 2.24) is 4.90 Å². The van der Waals surface area contributed by atoms with Gasteiger partial charge in [0.15, 0.2) is 0 Å². The molecule has 0 bridgehead atoms. The molecule has 1 fully saturated rings. The van der Waals surface area contributed by atoms with Crippen LogP contribution in [0.5, 0.6) is 0 Å². The number of carbonyl (C=O) groups is 2. The van der Waals surface area contributed by atoms with Crippen LogP contribution in [-0.4, -0.2) is 41.8 Å². The molecule has 1 heterocycles. The Labute approximate surface area is 104 Å². The van der Waals surface area contributed by atoms with E-state index in [1.807, 2.05) is 11.8 Å². The second kappa shape index (κ2) is 6.89. The van der Waals surface area contributed by atoms with E-state index in [4.69, 9.17) is 4.74 Å². The zero-order chi connectivity index (χ0) is 12.0. The van der Waals surface area contributed by atoms with E-state index in [1.54, 1.807) is 0 Å². The number of hydrogen-bond acceptors (Lipinski definition) is 3. The van der Waals surface area contributed by atoms with Gasteiger partial charge in [-0.2, -0.15) is 0 Å². The van der Waals surface area contributed by atoms with E-state index in [0.29, 0.717) is 31.4 Å². The molecule has 1 aliphatic rings. The first-order chi connectivity index (χ1) is 7.69. The molecule has 4 nitrogen and oxygen atoms in total. The maximum Gasteiger partial charge on any atom is 0.309 e. The lowest BCUT2D eigenvalue weighted by molar-refractivity contribution is -0.151. The highest BCUT2D eigenvalue weighted by Crippen LogP contribution is 2.19. The molecule has 0 aromatic carbocycles. The molecule has 0 spiro atoms. The van der Waals surface area contributed by atoms with Gasteiger partial charge in [0.05, 0.1) is 12.5 Å². The summed E-state index contributed by atoms with van der Waals surface area (Å²) in [6, 6.07) is 0. The summed E-state index contributed by atoms with van der Waals surface area (Å²) in [5.41, 5.74) is 0.